The van der Waals surface area contributed by atoms with Gasteiger partial charge in [-0.3, -0.25) is 9.59 Å². The second-order valence-electron chi connectivity index (χ2n) is 6.49. The predicted octanol–water partition coefficient (Wildman–Crippen LogP) is 1.41. The summed E-state index contributed by atoms with van der Waals surface area (Å²) in [6, 6.07) is 0. The first-order valence-electron chi connectivity index (χ1n) is 7.39. The minimum Gasteiger partial charge on any atom is -0.455 e. The van der Waals surface area contributed by atoms with Crippen LogP contribution in [0.5, 0.6) is 0 Å². The summed E-state index contributed by atoms with van der Waals surface area (Å²) >= 11 is 0. The summed E-state index contributed by atoms with van der Waals surface area (Å²) in [5.74, 6) is 0.282. The van der Waals surface area contributed by atoms with Crippen molar-refractivity contribution in [2.24, 2.45) is 0 Å². The highest BCUT2D eigenvalue weighted by Crippen LogP contribution is 2.30. The molecule has 0 aromatic carbocycles. The van der Waals surface area contributed by atoms with Crippen molar-refractivity contribution in [3.63, 3.8) is 0 Å². The summed E-state index contributed by atoms with van der Waals surface area (Å²) < 4.78 is 28.8. The van der Waals surface area contributed by atoms with Crippen molar-refractivity contribution in [3.05, 3.63) is 22.6 Å². The van der Waals surface area contributed by atoms with Gasteiger partial charge in [0.15, 0.2) is 21.4 Å². The molecule has 120 valence electrons. The van der Waals surface area contributed by atoms with Crippen molar-refractivity contribution in [3.8, 4) is 0 Å². The van der Waals surface area contributed by atoms with Crippen LogP contribution in [-0.4, -0.2) is 37.2 Å². The number of fused-ring (bicyclic) bond motifs is 1. The molecule has 6 nitrogen and oxygen atoms in total. The number of rotatable bonds is 2. The molecule has 2 heterocycles. The van der Waals surface area contributed by atoms with Gasteiger partial charge in [0, 0.05) is 18.4 Å². The summed E-state index contributed by atoms with van der Waals surface area (Å²) in [5.41, 5.74) is 0.307. The van der Waals surface area contributed by atoms with Gasteiger partial charge in [0.2, 0.25) is 0 Å². The quantitative estimate of drug-likeness (QED) is 0.887. The molecule has 22 heavy (non-hydrogen) atoms. The van der Waals surface area contributed by atoms with E-state index in [2.05, 4.69) is 5.32 Å². The van der Waals surface area contributed by atoms with Gasteiger partial charge in [0.1, 0.15) is 5.76 Å². The first-order valence-corrected chi connectivity index (χ1v) is 9.21. The molecule has 1 saturated heterocycles. The molecule has 1 unspecified atom stereocenters. The fourth-order valence-electron chi connectivity index (χ4n) is 3.31. The summed E-state index contributed by atoms with van der Waals surface area (Å²) in [7, 11) is -3.10. The van der Waals surface area contributed by atoms with E-state index in [9.17, 15) is 18.0 Å². The van der Waals surface area contributed by atoms with Crippen LogP contribution < -0.4 is 5.32 Å². The van der Waals surface area contributed by atoms with Crippen molar-refractivity contribution in [2.75, 3.05) is 11.5 Å². The Hall–Kier alpha value is -1.63. The van der Waals surface area contributed by atoms with E-state index in [0.29, 0.717) is 36.1 Å². The third kappa shape index (κ3) is 2.58. The number of aryl methyl sites for hydroxylation is 1. The predicted molar refractivity (Wildman–Crippen MR) is 79.9 cm³/mol. The summed E-state index contributed by atoms with van der Waals surface area (Å²) in [4.78, 5) is 24.4. The maximum atomic E-state index is 12.5. The SMILES string of the molecule is Cc1c(C(=O)NC2(C)CCS(=O)(=O)C2)oc2c1C(=O)CCC2. The van der Waals surface area contributed by atoms with Gasteiger partial charge < -0.3 is 9.73 Å². The summed E-state index contributed by atoms with van der Waals surface area (Å²) in [6.45, 7) is 3.42. The first kappa shape index (κ1) is 15.3. The number of ketones is 1. The molecule has 1 fully saturated rings. The molecule has 1 N–H and O–H groups in total. The zero-order chi connectivity index (χ0) is 16.1. The molecule has 1 aliphatic heterocycles. The Labute approximate surface area is 129 Å². The molecule has 3 rings (SSSR count). The Balaban J connectivity index is 1.86. The van der Waals surface area contributed by atoms with Gasteiger partial charge in [-0.2, -0.15) is 0 Å². The zero-order valence-electron chi connectivity index (χ0n) is 12.7. The monoisotopic (exact) mass is 325 g/mol. The molecule has 7 heteroatoms. The minimum atomic E-state index is -3.10. The van der Waals surface area contributed by atoms with Crippen molar-refractivity contribution >= 4 is 21.5 Å². The number of hydrogen-bond donors (Lipinski definition) is 1. The largest absolute Gasteiger partial charge is 0.455 e. The topological polar surface area (TPSA) is 93.4 Å². The van der Waals surface area contributed by atoms with Gasteiger partial charge in [-0.05, 0) is 26.7 Å². The van der Waals surface area contributed by atoms with Crippen LogP contribution in [0.4, 0.5) is 0 Å². The fraction of sp³-hybridized carbons (Fsp3) is 0.600. The number of carbonyl (C=O) groups excluding carboxylic acids is 2. The molecule has 2 aliphatic rings. The van der Waals surface area contributed by atoms with Crippen LogP contribution >= 0.6 is 0 Å². The van der Waals surface area contributed by atoms with Crippen LogP contribution in [-0.2, 0) is 16.3 Å². The molecule has 0 spiro atoms. The lowest BCUT2D eigenvalue weighted by atomic mass is 9.94. The second kappa shape index (κ2) is 4.94. The Morgan fingerprint density at radius 3 is 2.64 bits per heavy atom. The standard InChI is InChI=1S/C15H19NO5S/c1-9-12-10(17)4-3-5-11(12)21-13(9)14(18)16-15(2)6-7-22(19,20)8-15/h3-8H2,1-2H3,(H,16,18). The average Bonchev–Trinajstić information content (AvgIpc) is 2.88. The molecule has 1 aromatic rings. The van der Waals surface area contributed by atoms with E-state index in [4.69, 9.17) is 4.42 Å². The van der Waals surface area contributed by atoms with Crippen LogP contribution in [0.3, 0.4) is 0 Å². The lowest BCUT2D eigenvalue weighted by Gasteiger charge is -2.23. The van der Waals surface area contributed by atoms with Gasteiger partial charge in [-0.15, -0.1) is 0 Å². The van der Waals surface area contributed by atoms with E-state index < -0.39 is 21.3 Å². The first-order chi connectivity index (χ1) is 10.2. The Bertz CT molecular complexity index is 761. The molecular weight excluding hydrogens is 306 g/mol. The Kier molecular flexibility index (Phi) is 3.43. The second-order valence-corrected chi connectivity index (χ2v) is 8.67. The third-order valence-electron chi connectivity index (χ3n) is 4.43. The van der Waals surface area contributed by atoms with Gasteiger partial charge >= 0.3 is 0 Å². The van der Waals surface area contributed by atoms with Crippen LogP contribution in [0.1, 0.15) is 58.4 Å². The van der Waals surface area contributed by atoms with Crippen LogP contribution in [0.15, 0.2) is 4.42 Å². The van der Waals surface area contributed by atoms with Gasteiger partial charge in [0.05, 0.1) is 22.6 Å². The average molecular weight is 325 g/mol. The number of hydrogen-bond acceptors (Lipinski definition) is 5. The molecule has 1 aromatic heterocycles. The van der Waals surface area contributed by atoms with Crippen molar-refractivity contribution in [1.29, 1.82) is 0 Å². The molecule has 0 saturated carbocycles. The molecule has 0 bridgehead atoms. The van der Waals surface area contributed by atoms with E-state index in [1.165, 1.54) is 0 Å². The normalized spacial score (nSPS) is 26.7. The highest BCUT2D eigenvalue weighted by atomic mass is 32.2. The Morgan fingerprint density at radius 2 is 2.05 bits per heavy atom. The third-order valence-corrected chi connectivity index (χ3v) is 6.33. The zero-order valence-corrected chi connectivity index (χ0v) is 13.5. The van der Waals surface area contributed by atoms with Gasteiger partial charge in [-0.25, -0.2) is 8.42 Å². The lowest BCUT2D eigenvalue weighted by Crippen LogP contribution is -2.47. The molecule has 0 radical (unpaired) electrons. The van der Waals surface area contributed by atoms with E-state index in [-0.39, 0.29) is 23.0 Å². The molecule has 1 aliphatic carbocycles. The molecule has 1 amide bonds. The van der Waals surface area contributed by atoms with Gasteiger partial charge in [0.25, 0.3) is 5.91 Å². The smallest absolute Gasteiger partial charge is 0.287 e. The van der Waals surface area contributed by atoms with Crippen molar-refractivity contribution in [1.82, 2.24) is 5.32 Å². The molecular formula is C15H19NO5S. The number of furan rings is 1. The summed E-state index contributed by atoms with van der Waals surface area (Å²) in [6.07, 6.45) is 2.25. The van der Waals surface area contributed by atoms with Crippen LogP contribution in [0.2, 0.25) is 0 Å². The Morgan fingerprint density at radius 1 is 1.32 bits per heavy atom. The molecule has 1 atom stereocenters. The maximum Gasteiger partial charge on any atom is 0.287 e. The van der Waals surface area contributed by atoms with E-state index >= 15 is 0 Å². The van der Waals surface area contributed by atoms with E-state index in [0.717, 1.165) is 6.42 Å². The van der Waals surface area contributed by atoms with Crippen molar-refractivity contribution in [2.45, 2.75) is 45.1 Å². The van der Waals surface area contributed by atoms with Crippen molar-refractivity contribution < 1.29 is 22.4 Å². The fourth-order valence-corrected chi connectivity index (χ4v) is 5.40. The number of nitrogens with one attached hydrogen (secondary N) is 1. The number of carbonyl (C=O) groups is 2. The minimum absolute atomic E-state index is 0.0104. The van der Waals surface area contributed by atoms with Gasteiger partial charge in [-0.1, -0.05) is 0 Å². The highest BCUT2D eigenvalue weighted by molar-refractivity contribution is 7.91. The van der Waals surface area contributed by atoms with Crippen LogP contribution in [0.25, 0.3) is 0 Å². The maximum absolute atomic E-state index is 12.5. The number of amides is 1. The highest BCUT2D eigenvalue weighted by Gasteiger charge is 2.40. The summed E-state index contributed by atoms with van der Waals surface area (Å²) in [5, 5.41) is 2.77. The van der Waals surface area contributed by atoms with E-state index in [1.807, 2.05) is 0 Å². The van der Waals surface area contributed by atoms with E-state index in [1.54, 1.807) is 13.8 Å². The lowest BCUT2D eigenvalue weighted by molar-refractivity contribution is 0.0882. The van der Waals surface area contributed by atoms with Crippen LogP contribution in [0, 0.1) is 6.92 Å². The number of Topliss-reactive ketones (excluding diaryl/α,β-unsaturated/α-hetero) is 1. The number of sulfone groups is 1.